The lowest BCUT2D eigenvalue weighted by atomic mass is 9.83. The molecule has 0 bridgehead atoms. The Balaban J connectivity index is 1.77. The number of aromatic nitrogens is 7. The number of halogens is 3. The molecule has 0 amide bonds. The molecule has 4 rings (SSSR count). The number of ether oxygens (including phenoxy) is 3. The van der Waals surface area contributed by atoms with Crippen LogP contribution in [0.4, 0.5) is 5.95 Å². The lowest BCUT2D eigenvalue weighted by Gasteiger charge is -2.37. The molecule has 1 aliphatic rings. The minimum absolute atomic E-state index is 0.105. The maximum absolute atomic E-state index is 13.5. The van der Waals surface area contributed by atoms with E-state index in [1.807, 2.05) is 0 Å². The van der Waals surface area contributed by atoms with Crippen LogP contribution in [0.5, 0.6) is 11.8 Å². The van der Waals surface area contributed by atoms with Crippen LogP contribution in [-0.2, 0) is 14.8 Å². The molecule has 1 fully saturated rings. The van der Waals surface area contributed by atoms with Crippen LogP contribution in [0.15, 0.2) is 18.7 Å². The van der Waals surface area contributed by atoms with Crippen molar-refractivity contribution in [3.8, 4) is 17.4 Å². The molecular formula is C20H23Cl3N8O5S. The first-order valence-electron chi connectivity index (χ1n) is 10.8. The van der Waals surface area contributed by atoms with Crippen molar-refractivity contribution in [2.24, 2.45) is 0 Å². The molecule has 37 heavy (non-hydrogen) atoms. The first-order valence-corrected chi connectivity index (χ1v) is 13.5. The highest BCUT2D eigenvalue weighted by atomic mass is 35.5. The number of alkyl halides is 2. The molecule has 0 spiro atoms. The van der Waals surface area contributed by atoms with Crippen molar-refractivity contribution in [2.45, 2.75) is 41.4 Å². The summed E-state index contributed by atoms with van der Waals surface area (Å²) in [5.41, 5.74) is 0.198. The van der Waals surface area contributed by atoms with Crippen LogP contribution in [0.1, 0.15) is 43.4 Å². The van der Waals surface area contributed by atoms with E-state index in [9.17, 15) is 8.42 Å². The number of hydrogen-bond acceptors (Lipinski definition) is 11. The maximum atomic E-state index is 13.5. The Bertz CT molecular complexity index is 1340. The third-order valence-corrected chi connectivity index (χ3v) is 8.31. The smallest absolute Gasteiger partial charge is 0.245 e. The van der Waals surface area contributed by atoms with Gasteiger partial charge in [-0.3, -0.25) is 9.29 Å². The van der Waals surface area contributed by atoms with Gasteiger partial charge in [-0.15, -0.1) is 33.4 Å². The predicted octanol–water partition coefficient (Wildman–Crippen LogP) is 3.09. The molecule has 200 valence electrons. The number of nitrogens with zero attached hydrogens (tertiary/aromatic N) is 7. The molecule has 3 aromatic rings. The lowest BCUT2D eigenvalue weighted by Crippen LogP contribution is -2.34. The van der Waals surface area contributed by atoms with Crippen molar-refractivity contribution in [2.75, 3.05) is 26.1 Å². The Labute approximate surface area is 227 Å². The van der Waals surface area contributed by atoms with Gasteiger partial charge < -0.3 is 14.2 Å². The summed E-state index contributed by atoms with van der Waals surface area (Å²) in [6.45, 7) is 1.45. The van der Waals surface area contributed by atoms with Gasteiger partial charge in [0.1, 0.15) is 27.8 Å². The third kappa shape index (κ3) is 5.53. The largest absolute Gasteiger partial charge is 0.479 e. The first kappa shape index (κ1) is 27.5. The van der Waals surface area contributed by atoms with Gasteiger partial charge in [0.2, 0.25) is 27.7 Å². The number of nitrogens with one attached hydrogen (secondary N) is 1. The van der Waals surface area contributed by atoms with Gasteiger partial charge in [0.25, 0.3) is 0 Å². The fraction of sp³-hybridized carbons (Fsp3) is 0.500. The van der Waals surface area contributed by atoms with E-state index in [2.05, 4.69) is 34.9 Å². The van der Waals surface area contributed by atoms with E-state index in [4.69, 9.17) is 49.0 Å². The average Bonchev–Trinajstić information content (AvgIpc) is 3.25. The van der Waals surface area contributed by atoms with Crippen LogP contribution in [0, 0.1) is 0 Å². The number of hydrogen-bond donors (Lipinski definition) is 1. The predicted molar refractivity (Wildman–Crippen MR) is 135 cm³/mol. The third-order valence-electron chi connectivity index (χ3n) is 5.81. The SMILES string of the molecule is COc1ncnc(OC)c1-n1c(NS(=O)(=O)C(C)C(OC)c2ncc(Cl)cn2)nnc1C1CC(Cl)(Cl)C1. The average molecular weight is 594 g/mol. The summed E-state index contributed by atoms with van der Waals surface area (Å²) < 4.78 is 46.3. The Kier molecular flexibility index (Phi) is 7.95. The number of rotatable bonds is 10. The summed E-state index contributed by atoms with van der Waals surface area (Å²) in [5.74, 6) is 0.338. The normalized spacial score (nSPS) is 17.1. The Morgan fingerprint density at radius 3 is 2.16 bits per heavy atom. The highest BCUT2D eigenvalue weighted by Crippen LogP contribution is 2.52. The van der Waals surface area contributed by atoms with E-state index in [1.165, 1.54) is 51.5 Å². The Hall–Kier alpha value is -2.52. The van der Waals surface area contributed by atoms with Crippen molar-refractivity contribution >= 4 is 50.8 Å². The molecule has 1 N–H and O–H groups in total. The monoisotopic (exact) mass is 592 g/mol. The van der Waals surface area contributed by atoms with Crippen molar-refractivity contribution in [3.63, 3.8) is 0 Å². The molecule has 0 radical (unpaired) electrons. The summed E-state index contributed by atoms with van der Waals surface area (Å²) in [4.78, 5) is 16.4. The summed E-state index contributed by atoms with van der Waals surface area (Å²) in [6.07, 6.45) is 3.68. The van der Waals surface area contributed by atoms with Crippen molar-refractivity contribution in [3.05, 3.63) is 35.4 Å². The van der Waals surface area contributed by atoms with Gasteiger partial charge in [-0.25, -0.2) is 18.4 Å². The fourth-order valence-corrected chi connectivity index (χ4v) is 5.86. The quantitative estimate of drug-likeness (QED) is 0.345. The molecule has 0 saturated heterocycles. The Morgan fingerprint density at radius 2 is 1.65 bits per heavy atom. The van der Waals surface area contributed by atoms with E-state index < -0.39 is 25.7 Å². The van der Waals surface area contributed by atoms with Gasteiger partial charge in [0.15, 0.2) is 11.5 Å². The zero-order valence-electron chi connectivity index (χ0n) is 20.1. The molecule has 2 unspecified atom stereocenters. The zero-order chi connectivity index (χ0) is 27.0. The number of methoxy groups -OCH3 is 3. The van der Waals surface area contributed by atoms with E-state index in [0.29, 0.717) is 23.7 Å². The molecule has 0 aromatic carbocycles. The second-order valence-corrected chi connectivity index (χ2v) is 12.3. The van der Waals surface area contributed by atoms with Crippen LogP contribution in [0.2, 0.25) is 5.02 Å². The summed E-state index contributed by atoms with van der Waals surface area (Å²) >= 11 is 18.3. The van der Waals surface area contributed by atoms with Gasteiger partial charge in [-0.1, -0.05) is 11.6 Å². The maximum Gasteiger partial charge on any atom is 0.245 e. The minimum Gasteiger partial charge on any atom is -0.479 e. The summed E-state index contributed by atoms with van der Waals surface area (Å²) in [5, 5.41) is 7.49. The molecule has 17 heteroatoms. The van der Waals surface area contributed by atoms with E-state index in [0.717, 1.165) is 0 Å². The summed E-state index contributed by atoms with van der Waals surface area (Å²) in [7, 11) is 0.00260. The molecule has 3 aromatic heterocycles. The highest BCUT2D eigenvalue weighted by molar-refractivity contribution is 7.93. The van der Waals surface area contributed by atoms with E-state index in [1.54, 1.807) is 0 Å². The van der Waals surface area contributed by atoms with Gasteiger partial charge in [-0.05, 0) is 19.8 Å². The van der Waals surface area contributed by atoms with Crippen LogP contribution < -0.4 is 14.2 Å². The molecule has 13 nitrogen and oxygen atoms in total. The molecular weight excluding hydrogens is 571 g/mol. The Morgan fingerprint density at radius 1 is 1.05 bits per heavy atom. The van der Waals surface area contributed by atoms with Crippen LogP contribution >= 0.6 is 34.8 Å². The molecule has 1 saturated carbocycles. The molecule has 1 aliphatic carbocycles. The minimum atomic E-state index is -4.16. The molecule has 0 aliphatic heterocycles. The second-order valence-electron chi connectivity index (χ2n) is 8.19. The van der Waals surface area contributed by atoms with Crippen molar-refractivity contribution in [1.29, 1.82) is 0 Å². The van der Waals surface area contributed by atoms with E-state index >= 15 is 0 Å². The van der Waals surface area contributed by atoms with Crippen molar-refractivity contribution in [1.82, 2.24) is 34.7 Å². The standard InChI is InChI=1S/C20H23Cl3N8O5S/c1-10(14(34-2)15-24-7-12(21)8-25-15)37(32,33)30-19-29-28-16(11-5-20(22,23)6-11)31(19)13-17(35-3)26-9-27-18(13)36-4/h7-11,14H,5-6H2,1-4H3,(H,29,30). The lowest BCUT2D eigenvalue weighted by molar-refractivity contribution is 0.0950. The van der Waals surface area contributed by atoms with Gasteiger partial charge in [0, 0.05) is 25.4 Å². The molecule has 2 atom stereocenters. The fourth-order valence-electron chi connectivity index (χ4n) is 3.89. The highest BCUT2D eigenvalue weighted by Gasteiger charge is 2.45. The second kappa shape index (κ2) is 10.7. The van der Waals surface area contributed by atoms with Crippen LogP contribution in [0.25, 0.3) is 5.69 Å². The van der Waals surface area contributed by atoms with Gasteiger partial charge in [-0.2, -0.15) is 9.97 Å². The van der Waals surface area contributed by atoms with Gasteiger partial charge in [0.05, 0.1) is 19.2 Å². The zero-order valence-corrected chi connectivity index (χ0v) is 23.2. The molecule has 3 heterocycles. The van der Waals surface area contributed by atoms with Crippen molar-refractivity contribution < 1.29 is 22.6 Å². The summed E-state index contributed by atoms with van der Waals surface area (Å²) in [6, 6.07) is 0. The van der Waals surface area contributed by atoms with Crippen LogP contribution in [-0.4, -0.2) is 74.0 Å². The van der Waals surface area contributed by atoms with E-state index in [-0.39, 0.29) is 35.1 Å². The number of anilines is 1. The van der Waals surface area contributed by atoms with Crippen LogP contribution in [0.3, 0.4) is 0 Å². The number of sulfonamides is 1. The van der Waals surface area contributed by atoms with Gasteiger partial charge >= 0.3 is 0 Å². The topological polar surface area (TPSA) is 156 Å². The first-order chi connectivity index (χ1) is 17.5.